The van der Waals surface area contributed by atoms with E-state index in [0.29, 0.717) is 0 Å². The molecule has 1 atom stereocenters. The molecule has 0 saturated heterocycles. The summed E-state index contributed by atoms with van der Waals surface area (Å²) in [7, 11) is 0. The molecule has 1 N–H and O–H groups in total. The Kier molecular flexibility index (Phi) is 2.51. The van der Waals surface area contributed by atoms with Crippen LogP contribution in [0.2, 0.25) is 0 Å². The number of aliphatic hydroxyl groups is 1. The van der Waals surface area contributed by atoms with Gasteiger partial charge in [-0.25, -0.2) is 4.98 Å². The quantitative estimate of drug-likeness (QED) is 0.734. The number of halogens is 3. The van der Waals surface area contributed by atoms with Gasteiger partial charge in [0.1, 0.15) is 0 Å². The van der Waals surface area contributed by atoms with Crippen LogP contribution in [-0.4, -0.2) is 15.1 Å². The third-order valence-electron chi connectivity index (χ3n) is 1.39. The molecule has 1 unspecified atom stereocenters. The van der Waals surface area contributed by atoms with Gasteiger partial charge in [0.2, 0.25) is 0 Å². The first-order valence-corrected chi connectivity index (χ1v) is 3.49. The van der Waals surface area contributed by atoms with Crippen molar-refractivity contribution in [2.45, 2.75) is 19.2 Å². The zero-order valence-corrected chi connectivity index (χ0v) is 6.71. The highest BCUT2D eigenvalue weighted by Gasteiger charge is 2.36. The lowest BCUT2D eigenvalue weighted by Crippen LogP contribution is -2.14. The van der Waals surface area contributed by atoms with Gasteiger partial charge >= 0.3 is 6.18 Å². The van der Waals surface area contributed by atoms with Crippen molar-refractivity contribution >= 4 is 0 Å². The summed E-state index contributed by atoms with van der Waals surface area (Å²) in [4.78, 5) is 6.54. The van der Waals surface area contributed by atoms with E-state index in [1.165, 1.54) is 6.92 Å². The van der Waals surface area contributed by atoms with Crippen LogP contribution in [0.1, 0.15) is 24.4 Å². The van der Waals surface area contributed by atoms with Crippen LogP contribution in [0.25, 0.3) is 0 Å². The van der Waals surface area contributed by atoms with E-state index in [1.54, 1.807) is 0 Å². The molecule has 1 aromatic rings. The molecule has 13 heavy (non-hydrogen) atoms. The van der Waals surface area contributed by atoms with E-state index in [2.05, 4.69) is 9.97 Å². The van der Waals surface area contributed by atoms with Crippen LogP contribution in [0.15, 0.2) is 12.4 Å². The van der Waals surface area contributed by atoms with E-state index in [1.807, 2.05) is 0 Å². The number of nitrogens with zero attached hydrogens (tertiary/aromatic N) is 2. The summed E-state index contributed by atoms with van der Waals surface area (Å²) < 4.78 is 36.6. The topological polar surface area (TPSA) is 46.0 Å². The number of aliphatic hydroxyl groups excluding tert-OH is 1. The molecule has 1 rings (SSSR count). The molecule has 6 heteroatoms. The van der Waals surface area contributed by atoms with Crippen molar-refractivity contribution in [2.75, 3.05) is 0 Å². The van der Waals surface area contributed by atoms with Gasteiger partial charge in [-0.2, -0.15) is 13.2 Å². The molecule has 0 bridgehead atoms. The van der Waals surface area contributed by atoms with Crippen molar-refractivity contribution in [3.8, 4) is 0 Å². The van der Waals surface area contributed by atoms with E-state index in [-0.39, 0.29) is 0 Å². The van der Waals surface area contributed by atoms with Gasteiger partial charge in [-0.1, -0.05) is 0 Å². The molecule has 0 amide bonds. The molecule has 0 spiro atoms. The minimum absolute atomic E-state index is 0.449. The molecule has 0 fully saturated rings. The first-order valence-electron chi connectivity index (χ1n) is 3.49. The second-order valence-corrected chi connectivity index (χ2v) is 2.46. The Morgan fingerprint density at radius 3 is 2.23 bits per heavy atom. The van der Waals surface area contributed by atoms with Crippen LogP contribution in [0.3, 0.4) is 0 Å². The lowest BCUT2D eigenvalue weighted by atomic mass is 10.2. The Morgan fingerprint density at radius 1 is 1.31 bits per heavy atom. The lowest BCUT2D eigenvalue weighted by Gasteiger charge is -2.11. The van der Waals surface area contributed by atoms with Crippen molar-refractivity contribution < 1.29 is 18.3 Å². The average molecular weight is 192 g/mol. The number of alkyl halides is 3. The number of rotatable bonds is 1. The predicted octanol–water partition coefficient (Wildman–Crippen LogP) is 1.55. The fourth-order valence-corrected chi connectivity index (χ4v) is 0.873. The summed E-state index contributed by atoms with van der Waals surface area (Å²) in [5, 5.41) is 8.97. The Balaban J connectivity index is 3.20. The Hall–Kier alpha value is -1.17. The molecular weight excluding hydrogens is 185 g/mol. The van der Waals surface area contributed by atoms with Crippen LogP contribution >= 0.6 is 0 Å². The number of hydrogen-bond acceptors (Lipinski definition) is 3. The van der Waals surface area contributed by atoms with Crippen LogP contribution in [-0.2, 0) is 6.18 Å². The van der Waals surface area contributed by atoms with Crippen LogP contribution in [0, 0.1) is 0 Å². The molecule has 3 nitrogen and oxygen atoms in total. The van der Waals surface area contributed by atoms with E-state index in [9.17, 15) is 13.2 Å². The molecule has 1 heterocycles. The average Bonchev–Trinajstić information content (AvgIpc) is 2.03. The minimum Gasteiger partial charge on any atom is -0.387 e. The van der Waals surface area contributed by atoms with Gasteiger partial charge in [0, 0.05) is 12.4 Å². The fourth-order valence-electron chi connectivity index (χ4n) is 0.873. The van der Waals surface area contributed by atoms with Gasteiger partial charge in [-0.3, -0.25) is 4.98 Å². The maximum Gasteiger partial charge on any atom is 0.435 e. The highest BCUT2D eigenvalue weighted by atomic mass is 19.4. The van der Waals surface area contributed by atoms with Crippen molar-refractivity contribution in [1.29, 1.82) is 0 Å². The van der Waals surface area contributed by atoms with Gasteiger partial charge in [0.25, 0.3) is 0 Å². The van der Waals surface area contributed by atoms with Gasteiger partial charge < -0.3 is 5.11 Å². The second-order valence-electron chi connectivity index (χ2n) is 2.46. The van der Waals surface area contributed by atoms with Crippen LogP contribution in [0.5, 0.6) is 0 Å². The van der Waals surface area contributed by atoms with Crippen LogP contribution in [0.4, 0.5) is 13.2 Å². The van der Waals surface area contributed by atoms with Gasteiger partial charge in [-0.05, 0) is 6.92 Å². The Labute approximate surface area is 72.3 Å². The number of hydrogen-bond donors (Lipinski definition) is 1. The zero-order chi connectivity index (χ0) is 10.1. The Morgan fingerprint density at radius 2 is 1.85 bits per heavy atom. The molecule has 0 aliphatic carbocycles. The molecule has 0 aromatic carbocycles. The normalized spacial score (nSPS) is 14.2. The summed E-state index contributed by atoms with van der Waals surface area (Å²) in [5.41, 5.74) is -1.58. The minimum atomic E-state index is -4.57. The first kappa shape index (κ1) is 9.91. The molecule has 0 saturated carbocycles. The third-order valence-corrected chi connectivity index (χ3v) is 1.39. The summed E-state index contributed by atoms with van der Waals surface area (Å²) >= 11 is 0. The van der Waals surface area contributed by atoms with Gasteiger partial charge in [-0.15, -0.1) is 0 Å². The predicted molar refractivity (Wildman–Crippen MR) is 37.7 cm³/mol. The maximum absolute atomic E-state index is 12.2. The molecular formula is C7H7F3N2O. The molecule has 0 aliphatic heterocycles. The van der Waals surface area contributed by atoms with E-state index >= 15 is 0 Å². The molecule has 0 radical (unpaired) electrons. The summed E-state index contributed by atoms with van der Waals surface area (Å²) in [6, 6.07) is 0. The third kappa shape index (κ3) is 2.15. The lowest BCUT2D eigenvalue weighted by molar-refractivity contribution is -0.143. The largest absolute Gasteiger partial charge is 0.435 e. The highest BCUT2D eigenvalue weighted by Crippen LogP contribution is 2.31. The van der Waals surface area contributed by atoms with E-state index in [0.717, 1.165) is 12.4 Å². The second kappa shape index (κ2) is 3.29. The van der Waals surface area contributed by atoms with Gasteiger partial charge in [0.15, 0.2) is 5.69 Å². The molecule has 1 aromatic heterocycles. The number of aromatic nitrogens is 2. The maximum atomic E-state index is 12.2. The SMILES string of the molecule is CC(O)c1nccnc1C(F)(F)F. The van der Waals surface area contributed by atoms with Crippen molar-refractivity contribution in [3.05, 3.63) is 23.8 Å². The summed E-state index contributed by atoms with van der Waals surface area (Å²) in [5.74, 6) is 0. The monoisotopic (exact) mass is 192 g/mol. The highest BCUT2D eigenvalue weighted by molar-refractivity contribution is 5.15. The van der Waals surface area contributed by atoms with Crippen molar-refractivity contribution in [1.82, 2.24) is 9.97 Å². The van der Waals surface area contributed by atoms with Crippen molar-refractivity contribution in [3.63, 3.8) is 0 Å². The first-order chi connectivity index (χ1) is 5.93. The zero-order valence-electron chi connectivity index (χ0n) is 6.71. The van der Waals surface area contributed by atoms with E-state index in [4.69, 9.17) is 5.11 Å². The Bertz CT molecular complexity index is 298. The smallest absolute Gasteiger partial charge is 0.387 e. The molecule has 72 valence electrons. The van der Waals surface area contributed by atoms with Crippen LogP contribution < -0.4 is 0 Å². The standard InChI is InChI=1S/C7H7F3N2O/c1-4(13)5-6(7(8,9)10)12-3-2-11-5/h2-4,13H,1H3. The summed E-state index contributed by atoms with van der Waals surface area (Å²) in [6.07, 6.45) is -3.79. The summed E-state index contributed by atoms with van der Waals surface area (Å²) in [6.45, 7) is 1.21. The molecule has 0 aliphatic rings. The van der Waals surface area contributed by atoms with Crippen molar-refractivity contribution in [2.24, 2.45) is 0 Å². The fraction of sp³-hybridized carbons (Fsp3) is 0.429. The van der Waals surface area contributed by atoms with Gasteiger partial charge in [0.05, 0.1) is 11.8 Å². The van der Waals surface area contributed by atoms with E-state index < -0.39 is 23.7 Å².